The molecular formula is C20H23NO4. The van der Waals surface area contributed by atoms with Crippen LogP contribution in [0.15, 0.2) is 47.1 Å². The van der Waals surface area contributed by atoms with Crippen LogP contribution < -0.4 is 14.8 Å². The summed E-state index contributed by atoms with van der Waals surface area (Å²) in [5, 5.41) is 3.05. The van der Waals surface area contributed by atoms with Crippen molar-refractivity contribution in [2.45, 2.75) is 26.3 Å². The van der Waals surface area contributed by atoms with Gasteiger partial charge < -0.3 is 19.2 Å². The zero-order valence-electron chi connectivity index (χ0n) is 14.5. The fourth-order valence-electron chi connectivity index (χ4n) is 2.75. The molecule has 1 aromatic carbocycles. The number of furan rings is 1. The van der Waals surface area contributed by atoms with Crippen LogP contribution in [0.4, 0.5) is 0 Å². The summed E-state index contributed by atoms with van der Waals surface area (Å²) in [5.41, 5.74) is 0.999. The first kappa shape index (κ1) is 17.1. The van der Waals surface area contributed by atoms with Crippen LogP contribution in [0.25, 0.3) is 6.08 Å². The maximum Gasteiger partial charge on any atom is 0.244 e. The number of ether oxygens (including phenoxy) is 2. The lowest BCUT2D eigenvalue weighted by Gasteiger charge is -2.23. The van der Waals surface area contributed by atoms with Crippen molar-refractivity contribution in [2.24, 2.45) is 5.92 Å². The topological polar surface area (TPSA) is 60.7 Å². The Labute approximate surface area is 147 Å². The van der Waals surface area contributed by atoms with E-state index in [1.54, 1.807) is 24.5 Å². The number of hydrogen-bond acceptors (Lipinski definition) is 4. The minimum Gasteiger partial charge on any atom is -0.490 e. The molecule has 0 spiro atoms. The molecule has 1 N–H and O–H groups in total. The van der Waals surface area contributed by atoms with Gasteiger partial charge in [-0.15, -0.1) is 0 Å². The van der Waals surface area contributed by atoms with Gasteiger partial charge in [-0.3, -0.25) is 4.79 Å². The average Bonchev–Trinajstić information content (AvgIpc) is 3.01. The van der Waals surface area contributed by atoms with Crippen LogP contribution in [0.1, 0.15) is 37.6 Å². The first-order valence-corrected chi connectivity index (χ1v) is 8.55. The summed E-state index contributed by atoms with van der Waals surface area (Å²) >= 11 is 0. The number of nitrogens with one attached hydrogen (secondary N) is 1. The predicted octanol–water partition coefficient (Wildman–Crippen LogP) is 3.97. The molecule has 0 saturated carbocycles. The molecule has 5 heteroatoms. The van der Waals surface area contributed by atoms with E-state index < -0.39 is 0 Å². The van der Waals surface area contributed by atoms with Crippen molar-refractivity contribution in [3.05, 3.63) is 54.0 Å². The Morgan fingerprint density at radius 1 is 1.16 bits per heavy atom. The lowest BCUT2D eigenvalue weighted by atomic mass is 9.95. The van der Waals surface area contributed by atoms with Gasteiger partial charge in [0.1, 0.15) is 5.76 Å². The second kappa shape index (κ2) is 7.92. The van der Waals surface area contributed by atoms with Crippen LogP contribution in [0, 0.1) is 5.92 Å². The van der Waals surface area contributed by atoms with Gasteiger partial charge in [0.15, 0.2) is 11.5 Å². The second-order valence-electron chi connectivity index (χ2n) is 6.34. The fraction of sp³-hybridized carbons (Fsp3) is 0.350. The summed E-state index contributed by atoms with van der Waals surface area (Å²) in [4.78, 5) is 12.3. The van der Waals surface area contributed by atoms with Crippen LogP contribution >= 0.6 is 0 Å². The van der Waals surface area contributed by atoms with Crippen LogP contribution in [0.2, 0.25) is 0 Å². The minimum absolute atomic E-state index is 0.120. The summed E-state index contributed by atoms with van der Waals surface area (Å²) in [5.74, 6) is 2.20. The summed E-state index contributed by atoms with van der Waals surface area (Å²) in [6, 6.07) is 9.32. The van der Waals surface area contributed by atoms with Crippen molar-refractivity contribution in [1.82, 2.24) is 5.32 Å². The molecular weight excluding hydrogens is 318 g/mol. The van der Waals surface area contributed by atoms with Crippen LogP contribution in [-0.2, 0) is 4.79 Å². The third-order valence-corrected chi connectivity index (χ3v) is 4.04. The molecule has 5 nitrogen and oxygen atoms in total. The third-order valence-electron chi connectivity index (χ3n) is 4.04. The zero-order valence-corrected chi connectivity index (χ0v) is 14.5. The van der Waals surface area contributed by atoms with E-state index >= 15 is 0 Å². The number of benzene rings is 1. The molecule has 3 rings (SSSR count). The minimum atomic E-state index is -0.165. The van der Waals surface area contributed by atoms with E-state index in [1.165, 1.54) is 6.08 Å². The van der Waals surface area contributed by atoms with Crippen molar-refractivity contribution in [2.75, 3.05) is 13.2 Å². The van der Waals surface area contributed by atoms with Gasteiger partial charge in [0.05, 0.1) is 25.5 Å². The summed E-state index contributed by atoms with van der Waals surface area (Å²) in [6.07, 6.45) is 5.58. The summed E-state index contributed by atoms with van der Waals surface area (Å²) in [7, 11) is 0. The number of carbonyl (C=O) groups is 1. The van der Waals surface area contributed by atoms with Crippen LogP contribution in [0.5, 0.6) is 11.5 Å². The summed E-state index contributed by atoms with van der Waals surface area (Å²) < 4.78 is 16.6. The Balaban J connectivity index is 1.74. The smallest absolute Gasteiger partial charge is 0.244 e. The molecule has 1 aromatic heterocycles. The van der Waals surface area contributed by atoms with Crippen molar-refractivity contribution in [3.63, 3.8) is 0 Å². The second-order valence-corrected chi connectivity index (χ2v) is 6.34. The highest BCUT2D eigenvalue weighted by Crippen LogP contribution is 2.34. The first-order chi connectivity index (χ1) is 12.1. The van der Waals surface area contributed by atoms with Gasteiger partial charge in [-0.25, -0.2) is 0 Å². The normalized spacial score (nSPS) is 15.2. The SMILES string of the molecule is CC(C)C(NC(=O)C=Cc1ccco1)c1ccc2c(c1)OCCCO2. The largest absolute Gasteiger partial charge is 0.490 e. The molecule has 0 bridgehead atoms. The van der Waals surface area contributed by atoms with E-state index in [-0.39, 0.29) is 17.9 Å². The van der Waals surface area contributed by atoms with E-state index in [0.717, 1.165) is 23.5 Å². The Morgan fingerprint density at radius 2 is 1.96 bits per heavy atom. The Bertz CT molecular complexity index is 734. The molecule has 1 unspecified atom stereocenters. The lowest BCUT2D eigenvalue weighted by molar-refractivity contribution is -0.117. The maximum atomic E-state index is 12.3. The van der Waals surface area contributed by atoms with Gasteiger partial charge in [-0.05, 0) is 41.8 Å². The molecule has 0 aliphatic carbocycles. The summed E-state index contributed by atoms with van der Waals surface area (Å²) in [6.45, 7) is 5.45. The maximum absolute atomic E-state index is 12.3. The van der Waals surface area contributed by atoms with Gasteiger partial charge in [-0.2, -0.15) is 0 Å². The van der Waals surface area contributed by atoms with Gasteiger partial charge in [-0.1, -0.05) is 19.9 Å². The molecule has 0 radical (unpaired) electrons. The standard InChI is InChI=1S/C20H23NO4/c1-14(2)20(21-19(22)9-7-16-5-3-10-23-16)15-6-8-17-18(13-15)25-12-4-11-24-17/h3,5-10,13-14,20H,4,11-12H2,1-2H3,(H,21,22). The van der Waals surface area contributed by atoms with Gasteiger partial charge in [0.2, 0.25) is 5.91 Å². The molecule has 132 valence electrons. The monoisotopic (exact) mass is 341 g/mol. The van der Waals surface area contributed by atoms with Crippen molar-refractivity contribution >= 4 is 12.0 Å². The number of rotatable bonds is 5. The highest BCUT2D eigenvalue weighted by molar-refractivity contribution is 5.91. The van der Waals surface area contributed by atoms with E-state index in [4.69, 9.17) is 13.9 Å². The molecule has 2 aromatic rings. The van der Waals surface area contributed by atoms with Crippen molar-refractivity contribution in [1.29, 1.82) is 0 Å². The van der Waals surface area contributed by atoms with Gasteiger partial charge in [0, 0.05) is 12.5 Å². The number of hydrogen-bond donors (Lipinski definition) is 1. The zero-order chi connectivity index (χ0) is 17.6. The highest BCUT2D eigenvalue weighted by atomic mass is 16.5. The number of carbonyl (C=O) groups excluding carboxylic acids is 1. The Kier molecular flexibility index (Phi) is 5.43. The average molecular weight is 341 g/mol. The highest BCUT2D eigenvalue weighted by Gasteiger charge is 2.20. The number of fused-ring (bicyclic) bond motifs is 1. The predicted molar refractivity (Wildman–Crippen MR) is 95.5 cm³/mol. The van der Waals surface area contributed by atoms with E-state index in [2.05, 4.69) is 19.2 Å². The van der Waals surface area contributed by atoms with Gasteiger partial charge >= 0.3 is 0 Å². The van der Waals surface area contributed by atoms with Crippen LogP contribution in [-0.4, -0.2) is 19.1 Å². The first-order valence-electron chi connectivity index (χ1n) is 8.55. The molecule has 0 fully saturated rings. The molecule has 2 heterocycles. The van der Waals surface area contributed by atoms with E-state index in [9.17, 15) is 4.79 Å². The number of amides is 1. The molecule has 1 amide bonds. The third kappa shape index (κ3) is 4.44. The molecule has 25 heavy (non-hydrogen) atoms. The van der Waals surface area contributed by atoms with E-state index in [1.807, 2.05) is 18.2 Å². The molecule has 0 saturated heterocycles. The van der Waals surface area contributed by atoms with E-state index in [0.29, 0.717) is 19.0 Å². The Hall–Kier alpha value is -2.69. The lowest BCUT2D eigenvalue weighted by Crippen LogP contribution is -2.30. The quantitative estimate of drug-likeness (QED) is 0.836. The Morgan fingerprint density at radius 3 is 2.68 bits per heavy atom. The van der Waals surface area contributed by atoms with Crippen molar-refractivity contribution < 1.29 is 18.7 Å². The molecule has 1 atom stereocenters. The molecule has 1 aliphatic rings. The van der Waals surface area contributed by atoms with Gasteiger partial charge in [0.25, 0.3) is 0 Å². The fourth-order valence-corrected chi connectivity index (χ4v) is 2.75. The van der Waals surface area contributed by atoms with Crippen LogP contribution in [0.3, 0.4) is 0 Å². The molecule has 1 aliphatic heterocycles. The van der Waals surface area contributed by atoms with Crippen molar-refractivity contribution in [3.8, 4) is 11.5 Å².